The average molecular weight is 198 g/mol. The molecule has 1 atom stereocenters. The Morgan fingerprint density at radius 1 is 1.57 bits per heavy atom. The number of rotatable bonds is 0. The van der Waals surface area contributed by atoms with Crippen molar-refractivity contribution in [3.63, 3.8) is 0 Å². The molecule has 2 heterocycles. The maximum atomic E-state index is 11.4. The third kappa shape index (κ3) is 1.36. The zero-order valence-electron chi connectivity index (χ0n) is 7.89. The summed E-state index contributed by atoms with van der Waals surface area (Å²) in [5, 5.41) is 11.5. The van der Waals surface area contributed by atoms with E-state index in [-0.39, 0.29) is 17.9 Å². The number of oxime groups is 1. The third-order valence-corrected chi connectivity index (χ3v) is 2.92. The summed E-state index contributed by atoms with van der Waals surface area (Å²) in [5.74, 6) is 0.373. The molecule has 0 aromatic rings. The van der Waals surface area contributed by atoms with Crippen LogP contribution in [0.4, 0.5) is 0 Å². The fourth-order valence-corrected chi connectivity index (χ4v) is 2.14. The lowest BCUT2D eigenvalue weighted by Gasteiger charge is -2.37. The molecule has 6 nitrogen and oxygen atoms in total. The lowest BCUT2D eigenvalue weighted by Crippen LogP contribution is -2.55. The Morgan fingerprint density at radius 2 is 2.36 bits per heavy atom. The van der Waals surface area contributed by atoms with Gasteiger partial charge in [-0.15, -0.1) is 0 Å². The van der Waals surface area contributed by atoms with Gasteiger partial charge in [-0.3, -0.25) is 4.79 Å². The lowest BCUT2D eigenvalue weighted by molar-refractivity contribution is -0.130. The van der Waals surface area contributed by atoms with Crippen LogP contribution >= 0.6 is 0 Å². The number of hydrogen-bond acceptors (Lipinski definition) is 3. The number of hydrogen-bond donors (Lipinski definition) is 2. The van der Waals surface area contributed by atoms with Crippen LogP contribution in [0.1, 0.15) is 12.8 Å². The minimum absolute atomic E-state index is 0.143. The smallest absolute Gasteiger partial charge is 0.233 e. The first kappa shape index (κ1) is 9.11. The first-order valence-electron chi connectivity index (χ1n) is 4.74. The van der Waals surface area contributed by atoms with Gasteiger partial charge in [0.05, 0.1) is 0 Å². The van der Waals surface area contributed by atoms with E-state index in [0.29, 0.717) is 26.1 Å². The van der Waals surface area contributed by atoms with Gasteiger partial charge in [-0.25, -0.2) is 0 Å². The Hall–Kier alpha value is -1.46. The van der Waals surface area contributed by atoms with E-state index < -0.39 is 0 Å². The largest absolute Gasteiger partial charge is 0.408 e. The van der Waals surface area contributed by atoms with E-state index in [1.165, 1.54) is 0 Å². The second-order valence-electron chi connectivity index (χ2n) is 3.68. The van der Waals surface area contributed by atoms with Gasteiger partial charge in [0.1, 0.15) is 0 Å². The number of amides is 1. The molecule has 2 saturated heterocycles. The fraction of sp³-hybridized carbons (Fsp3) is 0.750. The monoisotopic (exact) mass is 198 g/mol. The van der Waals surface area contributed by atoms with Crippen molar-refractivity contribution in [2.75, 3.05) is 19.6 Å². The molecule has 0 spiro atoms. The molecule has 6 heteroatoms. The Labute approximate surface area is 81.9 Å². The molecule has 78 valence electrons. The normalized spacial score (nSPS) is 28.1. The first-order chi connectivity index (χ1) is 6.72. The number of guanidine groups is 1. The second kappa shape index (κ2) is 3.36. The molecule has 0 bridgehead atoms. The number of nitrogens with two attached hydrogens (primary N) is 1. The van der Waals surface area contributed by atoms with Gasteiger partial charge in [-0.1, -0.05) is 5.16 Å². The summed E-state index contributed by atoms with van der Waals surface area (Å²) in [6.07, 6.45) is 1.52. The standard InChI is InChI=1S/C8H14N4O2/c9-8(10-14)11-3-4-12-6(5-11)1-2-7(12)13/h6,14H,1-5H2,(H2,9,10). The summed E-state index contributed by atoms with van der Waals surface area (Å²) < 4.78 is 0. The van der Waals surface area contributed by atoms with Crippen molar-refractivity contribution in [2.24, 2.45) is 10.9 Å². The molecule has 1 unspecified atom stereocenters. The zero-order valence-corrected chi connectivity index (χ0v) is 7.89. The van der Waals surface area contributed by atoms with Gasteiger partial charge in [0.2, 0.25) is 11.9 Å². The maximum Gasteiger partial charge on any atom is 0.233 e. The van der Waals surface area contributed by atoms with E-state index in [9.17, 15) is 4.79 Å². The Morgan fingerprint density at radius 3 is 3.07 bits per heavy atom. The van der Waals surface area contributed by atoms with E-state index >= 15 is 0 Å². The molecule has 0 aliphatic carbocycles. The summed E-state index contributed by atoms with van der Waals surface area (Å²) in [6, 6.07) is 0.247. The molecule has 0 aromatic carbocycles. The number of carbonyl (C=O) groups excluding carboxylic acids is 1. The molecular formula is C8H14N4O2. The third-order valence-electron chi connectivity index (χ3n) is 2.92. The molecule has 14 heavy (non-hydrogen) atoms. The average Bonchev–Trinajstić information content (AvgIpc) is 2.59. The highest BCUT2D eigenvalue weighted by atomic mass is 16.4. The highest BCUT2D eigenvalue weighted by Gasteiger charge is 2.35. The zero-order chi connectivity index (χ0) is 10.1. The van der Waals surface area contributed by atoms with Crippen molar-refractivity contribution >= 4 is 11.9 Å². The molecule has 0 aromatic heterocycles. The number of piperazine rings is 1. The summed E-state index contributed by atoms with van der Waals surface area (Å²) in [5.41, 5.74) is 5.49. The first-order valence-corrected chi connectivity index (χ1v) is 4.74. The Bertz CT molecular complexity index is 279. The van der Waals surface area contributed by atoms with E-state index in [2.05, 4.69) is 5.16 Å². The quantitative estimate of drug-likeness (QED) is 0.226. The molecule has 2 aliphatic rings. The van der Waals surface area contributed by atoms with Crippen LogP contribution < -0.4 is 5.73 Å². The van der Waals surface area contributed by atoms with Crippen LogP contribution in [0.15, 0.2) is 5.16 Å². The summed E-state index contributed by atoms with van der Waals surface area (Å²) in [6.45, 7) is 2.01. The van der Waals surface area contributed by atoms with Crippen molar-refractivity contribution in [1.29, 1.82) is 0 Å². The van der Waals surface area contributed by atoms with Crippen LogP contribution in [0.2, 0.25) is 0 Å². The molecule has 2 rings (SSSR count). The molecule has 0 saturated carbocycles. The fourth-order valence-electron chi connectivity index (χ4n) is 2.14. The van der Waals surface area contributed by atoms with Crippen molar-refractivity contribution in [3.05, 3.63) is 0 Å². The van der Waals surface area contributed by atoms with Crippen LogP contribution in [0.5, 0.6) is 0 Å². The molecule has 2 fully saturated rings. The van der Waals surface area contributed by atoms with Crippen LogP contribution in [-0.2, 0) is 4.79 Å². The highest BCUT2D eigenvalue weighted by molar-refractivity contribution is 5.81. The summed E-state index contributed by atoms with van der Waals surface area (Å²) in [7, 11) is 0. The van der Waals surface area contributed by atoms with Gasteiger partial charge in [0.25, 0.3) is 0 Å². The van der Waals surface area contributed by atoms with E-state index in [1.807, 2.05) is 4.90 Å². The summed E-state index contributed by atoms with van der Waals surface area (Å²) >= 11 is 0. The summed E-state index contributed by atoms with van der Waals surface area (Å²) in [4.78, 5) is 15.0. The minimum atomic E-state index is 0.143. The van der Waals surface area contributed by atoms with Crippen LogP contribution in [0, 0.1) is 0 Å². The van der Waals surface area contributed by atoms with Gasteiger partial charge in [0.15, 0.2) is 0 Å². The topological polar surface area (TPSA) is 82.2 Å². The van der Waals surface area contributed by atoms with Crippen LogP contribution in [-0.4, -0.2) is 52.5 Å². The number of nitrogens with zero attached hydrogens (tertiary/aromatic N) is 3. The second-order valence-corrected chi connectivity index (χ2v) is 3.68. The molecular weight excluding hydrogens is 184 g/mol. The predicted octanol–water partition coefficient (Wildman–Crippen LogP) is -1.00. The van der Waals surface area contributed by atoms with Gasteiger partial charge in [0, 0.05) is 32.1 Å². The molecule has 1 amide bonds. The van der Waals surface area contributed by atoms with Crippen LogP contribution in [0.3, 0.4) is 0 Å². The van der Waals surface area contributed by atoms with Crippen molar-refractivity contribution in [1.82, 2.24) is 9.80 Å². The van der Waals surface area contributed by atoms with Crippen molar-refractivity contribution in [3.8, 4) is 0 Å². The molecule has 3 N–H and O–H groups in total. The Kier molecular flexibility index (Phi) is 2.18. The maximum absolute atomic E-state index is 11.4. The van der Waals surface area contributed by atoms with Gasteiger partial charge < -0.3 is 20.7 Å². The SMILES string of the molecule is N/C(=N\O)N1CCN2C(=O)CCC2C1. The van der Waals surface area contributed by atoms with Gasteiger partial charge in [-0.05, 0) is 6.42 Å². The number of fused-ring (bicyclic) bond motifs is 1. The Balaban J connectivity index is 2.02. The van der Waals surface area contributed by atoms with Crippen LogP contribution in [0.25, 0.3) is 0 Å². The van der Waals surface area contributed by atoms with E-state index in [4.69, 9.17) is 10.9 Å². The highest BCUT2D eigenvalue weighted by Crippen LogP contribution is 2.22. The lowest BCUT2D eigenvalue weighted by atomic mass is 10.2. The van der Waals surface area contributed by atoms with Crippen molar-refractivity contribution in [2.45, 2.75) is 18.9 Å². The number of carbonyl (C=O) groups is 1. The van der Waals surface area contributed by atoms with E-state index in [1.54, 1.807) is 4.90 Å². The predicted molar refractivity (Wildman–Crippen MR) is 49.7 cm³/mol. The molecule has 0 radical (unpaired) electrons. The van der Waals surface area contributed by atoms with Gasteiger partial charge in [-0.2, -0.15) is 0 Å². The molecule has 2 aliphatic heterocycles. The minimum Gasteiger partial charge on any atom is -0.408 e. The van der Waals surface area contributed by atoms with Gasteiger partial charge >= 0.3 is 0 Å². The van der Waals surface area contributed by atoms with Crippen molar-refractivity contribution < 1.29 is 10.0 Å². The van der Waals surface area contributed by atoms with E-state index in [0.717, 1.165) is 6.42 Å².